The highest BCUT2D eigenvalue weighted by Gasteiger charge is 2.65. The number of alkyl halides is 1. The third-order valence-electron chi connectivity index (χ3n) is 8.78. The van der Waals surface area contributed by atoms with Crippen LogP contribution in [0.4, 0.5) is 4.39 Å². The number of halogens is 1. The molecule has 7 heteroatoms. The molecule has 0 heterocycles. The van der Waals surface area contributed by atoms with E-state index >= 15 is 4.39 Å². The van der Waals surface area contributed by atoms with E-state index in [1.54, 1.807) is 6.08 Å². The number of allylic oxidation sites excluding steroid dienone is 4. The summed E-state index contributed by atoms with van der Waals surface area (Å²) in [6.07, 6.45) is 5.41. The number of Topliss-reactive ketones (excluding diaryl/α,β-unsaturated/α-hetero) is 1. The van der Waals surface area contributed by atoms with Crippen molar-refractivity contribution in [3.63, 3.8) is 0 Å². The molecule has 0 aliphatic heterocycles. The number of carbonyl (C=O) groups excluding carboxylic acids is 2. The van der Waals surface area contributed by atoms with Crippen molar-refractivity contribution in [2.45, 2.75) is 72.1 Å². The van der Waals surface area contributed by atoms with Gasteiger partial charge in [0.2, 0.25) is 0 Å². The lowest BCUT2D eigenvalue weighted by atomic mass is 9.46. The normalized spacial score (nSPS) is 43.4. The SMILES string of the molecule is CCCC(=O)O.C[C@@H]1C[C@H]2[C@@H]3C[C@H](F)C4=CC(=O)C=C[C@]4(C)[C@H]3[C@@H](O)C[C@]2(C)[C@H]1C(=O)CO. The summed E-state index contributed by atoms with van der Waals surface area (Å²) >= 11 is 0. The molecule has 3 saturated carbocycles. The van der Waals surface area contributed by atoms with E-state index in [0.717, 1.165) is 12.8 Å². The minimum atomic E-state index is -1.21. The Morgan fingerprint density at radius 2 is 1.91 bits per heavy atom. The van der Waals surface area contributed by atoms with Gasteiger partial charge in [-0.15, -0.1) is 0 Å². The molecule has 0 spiro atoms. The molecular formula is C26H37FO6. The van der Waals surface area contributed by atoms with Crippen LogP contribution in [-0.4, -0.2) is 51.7 Å². The van der Waals surface area contributed by atoms with Crippen molar-refractivity contribution < 1.29 is 34.1 Å². The summed E-state index contributed by atoms with van der Waals surface area (Å²) in [7, 11) is 0. The van der Waals surface area contributed by atoms with Gasteiger partial charge in [0, 0.05) is 23.7 Å². The molecule has 0 radical (unpaired) electrons. The summed E-state index contributed by atoms with van der Waals surface area (Å²) in [6.45, 7) is 7.37. The third-order valence-corrected chi connectivity index (χ3v) is 8.78. The van der Waals surface area contributed by atoms with Crippen molar-refractivity contribution in [2.75, 3.05) is 6.61 Å². The van der Waals surface area contributed by atoms with Crippen molar-refractivity contribution in [3.8, 4) is 0 Å². The van der Waals surface area contributed by atoms with Crippen LogP contribution < -0.4 is 0 Å². The van der Waals surface area contributed by atoms with E-state index in [2.05, 4.69) is 0 Å². The number of aliphatic carboxylic acids is 1. The highest BCUT2D eigenvalue weighted by molar-refractivity contribution is 6.01. The zero-order valence-corrected chi connectivity index (χ0v) is 20.0. The van der Waals surface area contributed by atoms with Crippen molar-refractivity contribution in [1.29, 1.82) is 0 Å². The van der Waals surface area contributed by atoms with Gasteiger partial charge in [-0.2, -0.15) is 0 Å². The number of carboxylic acid groups (broad SMARTS) is 1. The predicted molar refractivity (Wildman–Crippen MR) is 121 cm³/mol. The molecular weight excluding hydrogens is 427 g/mol. The fourth-order valence-electron chi connectivity index (χ4n) is 7.70. The third kappa shape index (κ3) is 4.34. The van der Waals surface area contributed by atoms with Gasteiger partial charge >= 0.3 is 5.97 Å². The Kier molecular flexibility index (Phi) is 7.35. The Morgan fingerprint density at radius 3 is 2.45 bits per heavy atom. The number of hydrogen-bond donors (Lipinski definition) is 3. The monoisotopic (exact) mass is 464 g/mol. The van der Waals surface area contributed by atoms with Gasteiger partial charge in [-0.1, -0.05) is 33.8 Å². The summed E-state index contributed by atoms with van der Waals surface area (Å²) < 4.78 is 15.2. The maximum atomic E-state index is 15.2. The van der Waals surface area contributed by atoms with Crippen LogP contribution in [0.2, 0.25) is 0 Å². The molecule has 0 amide bonds. The van der Waals surface area contributed by atoms with E-state index in [-0.39, 0.29) is 47.6 Å². The second-order valence-electron chi connectivity index (χ2n) is 10.9. The lowest BCUT2D eigenvalue weighted by molar-refractivity contribution is -0.145. The van der Waals surface area contributed by atoms with Crippen LogP contribution in [-0.2, 0) is 14.4 Å². The second-order valence-corrected chi connectivity index (χ2v) is 10.9. The van der Waals surface area contributed by atoms with Gasteiger partial charge in [0.1, 0.15) is 12.8 Å². The van der Waals surface area contributed by atoms with Crippen molar-refractivity contribution in [3.05, 3.63) is 23.8 Å². The summed E-state index contributed by atoms with van der Waals surface area (Å²) in [6, 6.07) is 0. The molecule has 33 heavy (non-hydrogen) atoms. The van der Waals surface area contributed by atoms with Crippen LogP contribution in [0.25, 0.3) is 0 Å². The van der Waals surface area contributed by atoms with Crippen molar-refractivity contribution in [2.24, 2.45) is 40.4 Å². The first-order valence-corrected chi connectivity index (χ1v) is 12.0. The first-order valence-electron chi connectivity index (χ1n) is 12.0. The van der Waals surface area contributed by atoms with Crippen molar-refractivity contribution in [1.82, 2.24) is 0 Å². The molecule has 0 bridgehead atoms. The minimum Gasteiger partial charge on any atom is -0.481 e. The Labute approximate surface area is 194 Å². The van der Waals surface area contributed by atoms with Crippen LogP contribution in [0.1, 0.15) is 59.8 Å². The van der Waals surface area contributed by atoms with E-state index in [1.807, 2.05) is 27.7 Å². The van der Waals surface area contributed by atoms with E-state index in [9.17, 15) is 24.6 Å². The highest BCUT2D eigenvalue weighted by Crippen LogP contribution is 2.67. The lowest BCUT2D eigenvalue weighted by Gasteiger charge is -2.59. The quantitative estimate of drug-likeness (QED) is 0.587. The van der Waals surface area contributed by atoms with Crippen molar-refractivity contribution >= 4 is 17.5 Å². The molecule has 184 valence electrons. The van der Waals surface area contributed by atoms with Crippen LogP contribution in [0.3, 0.4) is 0 Å². The fourth-order valence-corrected chi connectivity index (χ4v) is 7.70. The summed E-state index contributed by atoms with van der Waals surface area (Å²) in [5.74, 6) is -1.34. The Morgan fingerprint density at radius 1 is 1.24 bits per heavy atom. The standard InChI is InChI=1S/C22H29FO4.C4H8O2/c1-11-6-14-13-8-16(23)15-7-12(25)4-5-21(15,2)20(13)17(26)9-22(14,3)19(11)18(27)10-24;1-2-3-4(5)6/h4-5,7,11,13-14,16-17,19-20,24,26H,6,8-10H2,1-3H3;2-3H2,1H3,(H,5,6)/t11-,13+,14+,16+,17+,19-,20-,21+,22+;/m1./s1. The Balaban J connectivity index is 0.000000454. The van der Waals surface area contributed by atoms with Gasteiger partial charge < -0.3 is 15.3 Å². The molecule has 0 aromatic rings. The van der Waals surface area contributed by atoms with E-state index in [0.29, 0.717) is 18.4 Å². The van der Waals surface area contributed by atoms with Crippen LogP contribution in [0.5, 0.6) is 0 Å². The molecule has 4 aliphatic carbocycles. The molecule has 0 saturated heterocycles. The zero-order chi connectivity index (χ0) is 24.7. The molecule has 4 aliphatic rings. The van der Waals surface area contributed by atoms with Crippen LogP contribution in [0, 0.1) is 40.4 Å². The maximum Gasteiger partial charge on any atom is 0.303 e. The highest BCUT2D eigenvalue weighted by atomic mass is 19.1. The number of fused-ring (bicyclic) bond motifs is 5. The fraction of sp³-hybridized carbons (Fsp3) is 0.731. The first kappa shape index (κ1) is 25.8. The number of rotatable bonds is 4. The van der Waals surface area contributed by atoms with Gasteiger partial charge in [0.05, 0.1) is 6.10 Å². The molecule has 3 fully saturated rings. The van der Waals surface area contributed by atoms with Crippen LogP contribution in [0.15, 0.2) is 23.8 Å². The van der Waals surface area contributed by atoms with Gasteiger partial charge in [-0.05, 0) is 66.6 Å². The average Bonchev–Trinajstić information content (AvgIpc) is 2.99. The molecule has 0 unspecified atom stereocenters. The Hall–Kier alpha value is -1.86. The van der Waals surface area contributed by atoms with Gasteiger partial charge in [-0.3, -0.25) is 14.4 Å². The molecule has 0 aromatic heterocycles. The summed E-state index contributed by atoms with van der Waals surface area (Å²) in [5, 5.41) is 28.6. The maximum absolute atomic E-state index is 15.2. The minimum absolute atomic E-state index is 0.0484. The Bertz CT molecular complexity index is 865. The van der Waals surface area contributed by atoms with Crippen LogP contribution >= 0.6 is 0 Å². The second kappa shape index (κ2) is 9.41. The van der Waals surface area contributed by atoms with Gasteiger partial charge in [-0.25, -0.2) is 4.39 Å². The smallest absolute Gasteiger partial charge is 0.303 e. The average molecular weight is 465 g/mol. The lowest BCUT2D eigenvalue weighted by Crippen LogP contribution is -2.58. The molecule has 9 atom stereocenters. The molecule has 3 N–H and O–H groups in total. The van der Waals surface area contributed by atoms with E-state index in [1.165, 1.54) is 12.2 Å². The van der Waals surface area contributed by atoms with Gasteiger partial charge in [0.15, 0.2) is 11.6 Å². The number of carboxylic acids is 1. The number of hydrogen-bond acceptors (Lipinski definition) is 5. The number of ketones is 2. The number of carbonyl (C=O) groups is 3. The number of aliphatic hydroxyl groups excluding tert-OH is 2. The first-order chi connectivity index (χ1) is 15.4. The van der Waals surface area contributed by atoms with E-state index in [4.69, 9.17) is 5.11 Å². The topological polar surface area (TPSA) is 112 Å². The van der Waals surface area contributed by atoms with Gasteiger partial charge in [0.25, 0.3) is 0 Å². The molecule has 4 rings (SSSR count). The van der Waals surface area contributed by atoms with E-state index < -0.39 is 35.7 Å². The number of aliphatic hydroxyl groups is 2. The molecule has 6 nitrogen and oxygen atoms in total. The predicted octanol–water partition coefficient (Wildman–Crippen LogP) is 3.51. The molecule has 0 aromatic carbocycles. The zero-order valence-electron chi connectivity index (χ0n) is 20.0. The summed E-state index contributed by atoms with van der Waals surface area (Å²) in [4.78, 5) is 33.9. The largest absolute Gasteiger partial charge is 0.481 e. The summed E-state index contributed by atoms with van der Waals surface area (Å²) in [5.41, 5.74) is -0.599.